The number of amides is 1. The normalized spacial score (nSPS) is 18.6. The number of hydrogen-bond acceptors (Lipinski definition) is 3. The van der Waals surface area contributed by atoms with E-state index in [1.807, 2.05) is 0 Å². The summed E-state index contributed by atoms with van der Waals surface area (Å²) in [7, 11) is 0. The molecule has 2 aromatic carbocycles. The first-order valence-electron chi connectivity index (χ1n) is 10.4. The van der Waals surface area contributed by atoms with E-state index >= 15 is 0 Å². The Kier molecular flexibility index (Phi) is 5.95. The fraction of sp³-hybridized carbons (Fsp3) is 0.417. The molecule has 4 rings (SSSR count). The molecule has 2 aliphatic rings. The number of fused-ring (bicyclic) bond motifs is 3. The molecule has 1 heterocycles. The quantitative estimate of drug-likeness (QED) is 0.643. The van der Waals surface area contributed by atoms with Crippen molar-refractivity contribution >= 4 is 11.9 Å². The monoisotopic (exact) mass is 393 g/mol. The lowest BCUT2D eigenvalue weighted by molar-refractivity contribution is -0.145. The predicted octanol–water partition coefficient (Wildman–Crippen LogP) is 3.58. The summed E-state index contributed by atoms with van der Waals surface area (Å²) in [6, 6.07) is 14.2. The molecule has 0 aromatic heterocycles. The first-order valence-corrected chi connectivity index (χ1v) is 10.4. The fourth-order valence-electron chi connectivity index (χ4n) is 4.43. The van der Waals surface area contributed by atoms with Crippen LogP contribution >= 0.6 is 0 Å². The molecule has 152 valence electrons. The highest BCUT2D eigenvalue weighted by Crippen LogP contribution is 2.37. The molecule has 1 aliphatic carbocycles. The Hall–Kier alpha value is -2.66. The van der Waals surface area contributed by atoms with E-state index in [0.29, 0.717) is 26.1 Å². The molecule has 2 unspecified atom stereocenters. The molecule has 1 saturated heterocycles. The van der Waals surface area contributed by atoms with Crippen molar-refractivity contribution in [3.8, 4) is 11.1 Å². The highest BCUT2D eigenvalue weighted by atomic mass is 16.5. The molecule has 2 aromatic rings. The number of carbonyl (C=O) groups excluding carboxylic acids is 1. The molecule has 2 atom stereocenters. The predicted molar refractivity (Wildman–Crippen MR) is 111 cm³/mol. The molecule has 1 amide bonds. The van der Waals surface area contributed by atoms with Gasteiger partial charge in [0.2, 0.25) is 5.91 Å². The Morgan fingerprint density at radius 2 is 1.97 bits per heavy atom. The zero-order valence-corrected chi connectivity index (χ0v) is 16.5. The van der Waals surface area contributed by atoms with Crippen LogP contribution in [-0.4, -0.2) is 36.2 Å². The average molecular weight is 393 g/mol. The number of hydrogen-bond donors (Lipinski definition) is 2. The maximum Gasteiger partial charge on any atom is 0.326 e. The standard InChI is InChI=1S/C24H27NO4/c26-22(25-23(24(27)28)19-7-4-12-29-15-19)9-3-5-16-10-11-18-14-17-6-1-2-8-20(17)21(18)13-16/h1-2,6,8,10-11,13,19,23H,3-5,7,9,12,14-15H2,(H,25,26)(H,27,28). The van der Waals surface area contributed by atoms with Crippen LogP contribution in [0.25, 0.3) is 11.1 Å². The van der Waals surface area contributed by atoms with Crippen molar-refractivity contribution < 1.29 is 19.4 Å². The third-order valence-electron chi connectivity index (χ3n) is 5.98. The molecule has 1 fully saturated rings. The molecule has 5 nitrogen and oxygen atoms in total. The summed E-state index contributed by atoms with van der Waals surface area (Å²) in [4.78, 5) is 23.9. The lowest BCUT2D eigenvalue weighted by Gasteiger charge is -2.28. The van der Waals surface area contributed by atoms with E-state index in [2.05, 4.69) is 47.8 Å². The summed E-state index contributed by atoms with van der Waals surface area (Å²) >= 11 is 0. The lowest BCUT2D eigenvalue weighted by atomic mass is 9.93. The maximum atomic E-state index is 12.3. The first-order chi connectivity index (χ1) is 14.1. The molecular formula is C24H27NO4. The molecular weight excluding hydrogens is 366 g/mol. The number of aliphatic carboxylic acids is 1. The second-order valence-electron chi connectivity index (χ2n) is 8.04. The third-order valence-corrected chi connectivity index (χ3v) is 5.98. The van der Waals surface area contributed by atoms with Crippen molar-refractivity contribution in [2.24, 2.45) is 5.92 Å². The van der Waals surface area contributed by atoms with Crippen LogP contribution in [0.1, 0.15) is 42.4 Å². The van der Waals surface area contributed by atoms with Crippen LogP contribution in [0.15, 0.2) is 42.5 Å². The Balaban J connectivity index is 1.31. The van der Waals surface area contributed by atoms with Crippen molar-refractivity contribution in [1.82, 2.24) is 5.32 Å². The van der Waals surface area contributed by atoms with Gasteiger partial charge in [0.05, 0.1) is 6.61 Å². The second kappa shape index (κ2) is 8.78. The van der Waals surface area contributed by atoms with Crippen LogP contribution in [0.3, 0.4) is 0 Å². The minimum absolute atomic E-state index is 0.151. The minimum Gasteiger partial charge on any atom is -0.480 e. The number of ether oxygens (including phenoxy) is 1. The van der Waals surface area contributed by atoms with Gasteiger partial charge in [0, 0.05) is 18.9 Å². The van der Waals surface area contributed by atoms with E-state index < -0.39 is 12.0 Å². The number of nitrogens with one attached hydrogen (secondary N) is 1. The number of aryl methyl sites for hydroxylation is 1. The second-order valence-corrected chi connectivity index (χ2v) is 8.04. The SMILES string of the molecule is O=C(CCCc1ccc2c(c1)-c1ccccc1C2)NC(C(=O)O)C1CCCOC1. The molecule has 29 heavy (non-hydrogen) atoms. The van der Waals surface area contributed by atoms with Crippen LogP contribution in [-0.2, 0) is 27.2 Å². The maximum absolute atomic E-state index is 12.3. The van der Waals surface area contributed by atoms with E-state index in [1.165, 1.54) is 27.8 Å². The fourth-order valence-corrected chi connectivity index (χ4v) is 4.43. The van der Waals surface area contributed by atoms with Crippen molar-refractivity contribution in [1.29, 1.82) is 0 Å². The summed E-state index contributed by atoms with van der Waals surface area (Å²) in [5.41, 5.74) is 6.53. The Morgan fingerprint density at radius 1 is 1.14 bits per heavy atom. The Bertz CT molecular complexity index is 902. The molecule has 1 aliphatic heterocycles. The largest absolute Gasteiger partial charge is 0.480 e. The van der Waals surface area contributed by atoms with Gasteiger partial charge in [0.15, 0.2) is 0 Å². The summed E-state index contributed by atoms with van der Waals surface area (Å²) < 4.78 is 5.38. The minimum atomic E-state index is -0.980. The van der Waals surface area contributed by atoms with Crippen LogP contribution in [0, 0.1) is 5.92 Å². The topological polar surface area (TPSA) is 75.6 Å². The molecule has 0 spiro atoms. The zero-order chi connectivity index (χ0) is 20.2. The molecule has 2 N–H and O–H groups in total. The Morgan fingerprint density at radius 3 is 2.76 bits per heavy atom. The molecule has 5 heteroatoms. The Labute approximate surface area is 171 Å². The van der Waals surface area contributed by atoms with Gasteiger partial charge in [-0.05, 0) is 59.9 Å². The van der Waals surface area contributed by atoms with Gasteiger partial charge in [-0.15, -0.1) is 0 Å². The average Bonchev–Trinajstić information content (AvgIpc) is 3.10. The van der Waals surface area contributed by atoms with E-state index in [4.69, 9.17) is 4.74 Å². The van der Waals surface area contributed by atoms with E-state index in [9.17, 15) is 14.7 Å². The van der Waals surface area contributed by atoms with Crippen LogP contribution in [0.4, 0.5) is 0 Å². The molecule has 0 bridgehead atoms. The summed E-state index contributed by atoms with van der Waals surface area (Å²) in [6.07, 6.45) is 4.41. The van der Waals surface area contributed by atoms with Crippen molar-refractivity contribution in [2.45, 2.75) is 44.6 Å². The number of carboxylic acid groups (broad SMARTS) is 1. The number of carboxylic acids is 1. The van der Waals surface area contributed by atoms with Gasteiger partial charge < -0.3 is 15.2 Å². The van der Waals surface area contributed by atoms with Crippen LogP contribution < -0.4 is 5.32 Å². The number of carbonyl (C=O) groups is 2. The van der Waals surface area contributed by atoms with Gasteiger partial charge in [0.25, 0.3) is 0 Å². The zero-order valence-electron chi connectivity index (χ0n) is 16.5. The smallest absolute Gasteiger partial charge is 0.326 e. The third kappa shape index (κ3) is 4.51. The summed E-state index contributed by atoms with van der Waals surface area (Å²) in [6.45, 7) is 1.07. The number of rotatable bonds is 7. The highest BCUT2D eigenvalue weighted by Gasteiger charge is 2.31. The summed E-state index contributed by atoms with van der Waals surface area (Å²) in [5, 5.41) is 12.2. The van der Waals surface area contributed by atoms with Crippen LogP contribution in [0.2, 0.25) is 0 Å². The van der Waals surface area contributed by atoms with Gasteiger partial charge in [-0.25, -0.2) is 4.79 Å². The van der Waals surface area contributed by atoms with E-state index in [-0.39, 0.29) is 11.8 Å². The van der Waals surface area contributed by atoms with Gasteiger partial charge in [-0.3, -0.25) is 4.79 Å². The van der Waals surface area contributed by atoms with Gasteiger partial charge in [-0.2, -0.15) is 0 Å². The van der Waals surface area contributed by atoms with Gasteiger partial charge >= 0.3 is 5.97 Å². The lowest BCUT2D eigenvalue weighted by Crippen LogP contribution is -2.48. The van der Waals surface area contributed by atoms with Gasteiger partial charge in [-0.1, -0.05) is 42.5 Å². The van der Waals surface area contributed by atoms with Gasteiger partial charge in [0.1, 0.15) is 6.04 Å². The number of benzene rings is 2. The molecule has 0 radical (unpaired) electrons. The highest BCUT2D eigenvalue weighted by molar-refractivity contribution is 5.83. The van der Waals surface area contributed by atoms with Crippen molar-refractivity contribution in [3.63, 3.8) is 0 Å². The summed E-state index contributed by atoms with van der Waals surface area (Å²) in [5.74, 6) is -1.33. The van der Waals surface area contributed by atoms with E-state index in [1.54, 1.807) is 0 Å². The van der Waals surface area contributed by atoms with E-state index in [0.717, 1.165) is 25.7 Å². The van der Waals surface area contributed by atoms with Crippen molar-refractivity contribution in [3.05, 3.63) is 59.2 Å². The van der Waals surface area contributed by atoms with Crippen LogP contribution in [0.5, 0.6) is 0 Å². The first kappa shape index (κ1) is 19.6. The molecule has 0 saturated carbocycles. The van der Waals surface area contributed by atoms with Crippen molar-refractivity contribution in [2.75, 3.05) is 13.2 Å².